The van der Waals surface area contributed by atoms with E-state index >= 15 is 0 Å². The van der Waals surface area contributed by atoms with Crippen molar-refractivity contribution in [2.75, 3.05) is 13.1 Å². The number of carboxylic acids is 1. The lowest BCUT2D eigenvalue weighted by atomic mass is 10.1. The van der Waals surface area contributed by atoms with Crippen LogP contribution in [0.1, 0.15) is 28.8 Å². The Morgan fingerprint density at radius 1 is 1.35 bits per heavy atom. The summed E-state index contributed by atoms with van der Waals surface area (Å²) < 4.78 is 26.0. The van der Waals surface area contributed by atoms with Gasteiger partial charge in [0.1, 0.15) is 0 Å². The first kappa shape index (κ1) is 17.1. The summed E-state index contributed by atoms with van der Waals surface area (Å²) in [6.45, 7) is 1.11. The number of hydrogen-bond acceptors (Lipinski definition) is 2. The minimum atomic E-state index is -2.56. The van der Waals surface area contributed by atoms with Gasteiger partial charge in [0.25, 0.3) is 5.92 Å². The second-order valence-corrected chi connectivity index (χ2v) is 5.15. The van der Waals surface area contributed by atoms with E-state index in [1.54, 1.807) is 6.07 Å². The minimum absolute atomic E-state index is 0. The lowest BCUT2D eigenvalue weighted by Gasteiger charge is -2.31. The SMILES string of the molecule is Cl.O=C(O)c1ccc(CN2CCC(F)(F)CC2)c(Cl)c1. The first-order valence-corrected chi connectivity index (χ1v) is 6.37. The summed E-state index contributed by atoms with van der Waals surface area (Å²) in [7, 11) is 0. The Labute approximate surface area is 126 Å². The van der Waals surface area contributed by atoms with Crippen LogP contribution in [-0.4, -0.2) is 35.0 Å². The number of halogens is 4. The molecule has 7 heteroatoms. The Morgan fingerprint density at radius 3 is 2.45 bits per heavy atom. The van der Waals surface area contributed by atoms with Crippen LogP contribution < -0.4 is 0 Å². The molecule has 1 fully saturated rings. The number of carboxylic acid groups (broad SMARTS) is 1. The minimum Gasteiger partial charge on any atom is -0.478 e. The fourth-order valence-electron chi connectivity index (χ4n) is 2.09. The lowest BCUT2D eigenvalue weighted by Crippen LogP contribution is -2.38. The zero-order valence-electron chi connectivity index (χ0n) is 10.6. The summed E-state index contributed by atoms with van der Waals surface area (Å²) in [6, 6.07) is 4.50. The molecule has 20 heavy (non-hydrogen) atoms. The van der Waals surface area contributed by atoms with Crippen molar-refractivity contribution in [3.63, 3.8) is 0 Å². The Balaban J connectivity index is 0.00000200. The van der Waals surface area contributed by atoms with Crippen molar-refractivity contribution in [3.8, 4) is 0 Å². The molecule has 0 aliphatic carbocycles. The maximum Gasteiger partial charge on any atom is 0.335 e. The first-order chi connectivity index (χ1) is 8.87. The number of benzene rings is 1. The monoisotopic (exact) mass is 325 g/mol. The standard InChI is InChI=1S/C13H14ClF2NO2.ClH/c14-11-7-9(12(18)19)1-2-10(11)8-17-5-3-13(15,16)4-6-17;/h1-2,7H,3-6,8H2,(H,18,19);1H. The van der Waals surface area contributed by atoms with E-state index in [4.69, 9.17) is 16.7 Å². The summed E-state index contributed by atoms with van der Waals surface area (Å²) in [5.74, 6) is -3.60. The summed E-state index contributed by atoms with van der Waals surface area (Å²) >= 11 is 6.01. The summed E-state index contributed by atoms with van der Waals surface area (Å²) in [5.41, 5.74) is 0.885. The van der Waals surface area contributed by atoms with Crippen LogP contribution in [0.2, 0.25) is 5.02 Å². The third-order valence-corrected chi connectivity index (χ3v) is 3.63. The second-order valence-electron chi connectivity index (χ2n) is 4.74. The Bertz CT molecular complexity index is 487. The van der Waals surface area contributed by atoms with E-state index in [2.05, 4.69) is 0 Å². The van der Waals surface area contributed by atoms with Gasteiger partial charge in [0.15, 0.2) is 0 Å². The molecule has 0 radical (unpaired) electrons. The van der Waals surface area contributed by atoms with Gasteiger partial charge in [-0.2, -0.15) is 0 Å². The number of hydrogen-bond donors (Lipinski definition) is 1. The van der Waals surface area contributed by atoms with Crippen LogP contribution in [0.4, 0.5) is 8.78 Å². The molecule has 1 heterocycles. The molecule has 112 valence electrons. The molecule has 1 aliphatic heterocycles. The molecule has 0 atom stereocenters. The molecule has 2 rings (SSSR count). The quantitative estimate of drug-likeness (QED) is 0.921. The van der Waals surface area contributed by atoms with Gasteiger partial charge in [-0.15, -0.1) is 12.4 Å². The Kier molecular flexibility index (Phi) is 5.74. The topological polar surface area (TPSA) is 40.5 Å². The number of likely N-dealkylation sites (tertiary alicyclic amines) is 1. The van der Waals surface area contributed by atoms with E-state index in [1.807, 2.05) is 4.90 Å². The zero-order chi connectivity index (χ0) is 14.0. The molecule has 1 saturated heterocycles. The Morgan fingerprint density at radius 2 is 1.95 bits per heavy atom. The molecule has 0 aromatic heterocycles. The summed E-state index contributed by atoms with van der Waals surface area (Å²) in [4.78, 5) is 12.7. The van der Waals surface area contributed by atoms with Gasteiger partial charge in [-0.25, -0.2) is 13.6 Å². The van der Waals surface area contributed by atoms with Crippen molar-refractivity contribution in [1.82, 2.24) is 4.90 Å². The number of alkyl halides is 2. The number of nitrogens with zero attached hydrogens (tertiary/aromatic N) is 1. The average Bonchev–Trinajstić information content (AvgIpc) is 2.34. The molecule has 1 aromatic carbocycles. The normalized spacial score (nSPS) is 18.4. The molecular weight excluding hydrogens is 311 g/mol. The average molecular weight is 326 g/mol. The van der Waals surface area contributed by atoms with Gasteiger partial charge in [0, 0.05) is 37.5 Å². The first-order valence-electron chi connectivity index (χ1n) is 5.99. The van der Waals surface area contributed by atoms with Gasteiger partial charge in [0.2, 0.25) is 0 Å². The molecule has 0 unspecified atom stereocenters. The smallest absolute Gasteiger partial charge is 0.335 e. The van der Waals surface area contributed by atoms with Gasteiger partial charge in [-0.3, -0.25) is 4.90 Å². The maximum atomic E-state index is 13.0. The molecule has 0 saturated carbocycles. The van der Waals surface area contributed by atoms with Crippen molar-refractivity contribution >= 4 is 30.0 Å². The lowest BCUT2D eigenvalue weighted by molar-refractivity contribution is -0.0566. The molecule has 0 spiro atoms. The van der Waals surface area contributed by atoms with Crippen molar-refractivity contribution in [1.29, 1.82) is 0 Å². The summed E-state index contributed by atoms with van der Waals surface area (Å²) in [5, 5.41) is 9.19. The third-order valence-electron chi connectivity index (χ3n) is 3.28. The van der Waals surface area contributed by atoms with Crippen LogP contribution in [0, 0.1) is 0 Å². The number of piperidine rings is 1. The van der Waals surface area contributed by atoms with E-state index in [-0.39, 0.29) is 30.8 Å². The van der Waals surface area contributed by atoms with Crippen LogP contribution in [-0.2, 0) is 6.54 Å². The predicted molar refractivity (Wildman–Crippen MR) is 75.1 cm³/mol. The van der Waals surface area contributed by atoms with Crippen LogP contribution in [0.3, 0.4) is 0 Å². The van der Waals surface area contributed by atoms with E-state index in [0.717, 1.165) is 5.56 Å². The van der Waals surface area contributed by atoms with Crippen molar-refractivity contribution in [2.24, 2.45) is 0 Å². The van der Waals surface area contributed by atoms with E-state index in [0.29, 0.717) is 24.7 Å². The number of aromatic carboxylic acids is 1. The Hall–Kier alpha value is -0.910. The highest BCUT2D eigenvalue weighted by Crippen LogP contribution is 2.29. The fraction of sp³-hybridized carbons (Fsp3) is 0.462. The van der Waals surface area contributed by atoms with Crippen molar-refractivity contribution in [2.45, 2.75) is 25.3 Å². The molecule has 1 N–H and O–H groups in total. The predicted octanol–water partition coefficient (Wildman–Crippen LogP) is 3.69. The molecule has 3 nitrogen and oxygen atoms in total. The van der Waals surface area contributed by atoms with Gasteiger partial charge in [0.05, 0.1) is 5.56 Å². The molecular formula is C13H15Cl2F2NO2. The van der Waals surface area contributed by atoms with Crippen molar-refractivity contribution < 1.29 is 18.7 Å². The van der Waals surface area contributed by atoms with Gasteiger partial charge < -0.3 is 5.11 Å². The van der Waals surface area contributed by atoms with Crippen LogP contribution in [0.5, 0.6) is 0 Å². The zero-order valence-corrected chi connectivity index (χ0v) is 12.2. The molecule has 1 aliphatic rings. The molecule has 0 bridgehead atoms. The number of rotatable bonds is 3. The van der Waals surface area contributed by atoms with E-state index in [9.17, 15) is 13.6 Å². The van der Waals surface area contributed by atoms with Crippen LogP contribution >= 0.6 is 24.0 Å². The highest BCUT2D eigenvalue weighted by molar-refractivity contribution is 6.31. The van der Waals surface area contributed by atoms with E-state index in [1.165, 1.54) is 12.1 Å². The van der Waals surface area contributed by atoms with Gasteiger partial charge >= 0.3 is 5.97 Å². The second kappa shape index (κ2) is 6.70. The van der Waals surface area contributed by atoms with Crippen LogP contribution in [0.25, 0.3) is 0 Å². The highest BCUT2D eigenvalue weighted by atomic mass is 35.5. The van der Waals surface area contributed by atoms with Gasteiger partial charge in [-0.1, -0.05) is 17.7 Å². The molecule has 0 amide bonds. The molecule has 1 aromatic rings. The third kappa shape index (κ3) is 4.30. The summed E-state index contributed by atoms with van der Waals surface area (Å²) in [6.07, 6.45) is -0.282. The highest BCUT2D eigenvalue weighted by Gasteiger charge is 2.33. The largest absolute Gasteiger partial charge is 0.478 e. The van der Waals surface area contributed by atoms with Crippen molar-refractivity contribution in [3.05, 3.63) is 34.3 Å². The number of carbonyl (C=O) groups is 1. The van der Waals surface area contributed by atoms with Crippen LogP contribution in [0.15, 0.2) is 18.2 Å². The fourth-order valence-corrected chi connectivity index (χ4v) is 2.33. The van der Waals surface area contributed by atoms with E-state index < -0.39 is 11.9 Å². The van der Waals surface area contributed by atoms with Gasteiger partial charge in [-0.05, 0) is 17.7 Å². The maximum absolute atomic E-state index is 13.0.